The van der Waals surface area contributed by atoms with Crippen molar-refractivity contribution in [2.45, 2.75) is 0 Å². The summed E-state index contributed by atoms with van der Waals surface area (Å²) in [4.78, 5) is 16.3. The topological polar surface area (TPSA) is 96.3 Å². The summed E-state index contributed by atoms with van der Waals surface area (Å²) in [7, 11) is 3.36. The zero-order valence-corrected chi connectivity index (χ0v) is 11.4. The number of hydrogen-bond donors (Lipinski definition) is 1. The number of aryl methyl sites for hydroxylation is 2. The van der Waals surface area contributed by atoms with E-state index in [-0.39, 0.29) is 11.6 Å². The van der Waals surface area contributed by atoms with Gasteiger partial charge in [-0.1, -0.05) is 0 Å². The van der Waals surface area contributed by atoms with E-state index in [0.717, 1.165) is 0 Å². The molecule has 8 heteroatoms. The number of aromatic nitrogens is 5. The average Bonchev–Trinajstić information content (AvgIpc) is 3.16. The lowest BCUT2D eigenvalue weighted by atomic mass is 10.3. The fraction of sp³-hybridized carbons (Fsp3) is 0.154. The zero-order valence-electron chi connectivity index (χ0n) is 11.4. The second-order valence-electron chi connectivity index (χ2n) is 4.85. The van der Waals surface area contributed by atoms with Gasteiger partial charge in [-0.3, -0.25) is 9.13 Å². The quantitative estimate of drug-likeness (QED) is 0.556. The average molecular weight is 284 g/mol. The molecule has 0 saturated carbocycles. The SMILES string of the molecule is Cn1c(=O)n(C)c2c1nc(N)n1nc(-c3ccco3)cc21. The number of furan rings is 1. The second kappa shape index (κ2) is 3.75. The van der Waals surface area contributed by atoms with E-state index in [9.17, 15) is 4.79 Å². The van der Waals surface area contributed by atoms with Crippen molar-refractivity contribution in [3.8, 4) is 11.5 Å². The maximum Gasteiger partial charge on any atom is 0.329 e. The second-order valence-corrected chi connectivity index (χ2v) is 4.85. The van der Waals surface area contributed by atoms with E-state index in [0.29, 0.717) is 28.1 Å². The first-order valence-electron chi connectivity index (χ1n) is 6.32. The van der Waals surface area contributed by atoms with Gasteiger partial charge in [0.1, 0.15) is 11.2 Å². The maximum absolute atomic E-state index is 12.1. The number of hydrogen-bond acceptors (Lipinski definition) is 5. The van der Waals surface area contributed by atoms with E-state index in [4.69, 9.17) is 10.2 Å². The molecular formula is C13H12N6O2. The lowest BCUT2D eigenvalue weighted by molar-refractivity contribution is 0.579. The summed E-state index contributed by atoms with van der Waals surface area (Å²) in [6, 6.07) is 5.43. The van der Waals surface area contributed by atoms with Crippen molar-refractivity contribution < 1.29 is 4.42 Å². The maximum atomic E-state index is 12.1. The Balaban J connectivity index is 2.20. The molecule has 0 aromatic carbocycles. The highest BCUT2D eigenvalue weighted by molar-refractivity contribution is 5.91. The number of fused-ring (bicyclic) bond motifs is 3. The van der Waals surface area contributed by atoms with E-state index >= 15 is 0 Å². The fourth-order valence-corrected chi connectivity index (χ4v) is 2.56. The van der Waals surface area contributed by atoms with Crippen LogP contribution in [0, 0.1) is 0 Å². The van der Waals surface area contributed by atoms with Gasteiger partial charge >= 0.3 is 5.69 Å². The van der Waals surface area contributed by atoms with Gasteiger partial charge in [0.15, 0.2) is 11.4 Å². The van der Waals surface area contributed by atoms with Crippen LogP contribution in [0.25, 0.3) is 28.1 Å². The van der Waals surface area contributed by atoms with Gasteiger partial charge in [0, 0.05) is 14.1 Å². The van der Waals surface area contributed by atoms with E-state index < -0.39 is 0 Å². The summed E-state index contributed by atoms with van der Waals surface area (Å²) < 4.78 is 9.86. The molecule has 0 amide bonds. The Morgan fingerprint density at radius 3 is 2.81 bits per heavy atom. The van der Waals surface area contributed by atoms with Crippen LogP contribution in [0.15, 0.2) is 33.7 Å². The molecule has 0 spiro atoms. The number of nitrogen functional groups attached to an aromatic ring is 1. The van der Waals surface area contributed by atoms with Gasteiger partial charge in [-0.05, 0) is 18.2 Å². The van der Waals surface area contributed by atoms with Gasteiger partial charge in [0.2, 0.25) is 5.95 Å². The Labute approximate surface area is 118 Å². The molecule has 0 aliphatic carbocycles. The molecule has 0 aliphatic rings. The van der Waals surface area contributed by atoms with Crippen LogP contribution in [0.2, 0.25) is 0 Å². The first-order valence-corrected chi connectivity index (χ1v) is 6.32. The molecule has 4 rings (SSSR count). The normalized spacial score (nSPS) is 11.7. The predicted molar refractivity (Wildman–Crippen MR) is 76.8 cm³/mol. The van der Waals surface area contributed by atoms with Crippen molar-refractivity contribution in [1.82, 2.24) is 23.7 Å². The first kappa shape index (κ1) is 11.8. The highest BCUT2D eigenvalue weighted by Gasteiger charge is 2.18. The lowest BCUT2D eigenvalue weighted by Gasteiger charge is -2.01. The van der Waals surface area contributed by atoms with E-state index in [1.807, 2.05) is 12.1 Å². The van der Waals surface area contributed by atoms with Crippen LogP contribution in [0.3, 0.4) is 0 Å². The Kier molecular flexibility index (Phi) is 2.10. The predicted octanol–water partition coefficient (Wildman–Crippen LogP) is 0.762. The third kappa shape index (κ3) is 1.41. The zero-order chi connectivity index (χ0) is 14.7. The molecule has 8 nitrogen and oxygen atoms in total. The summed E-state index contributed by atoms with van der Waals surface area (Å²) in [6.45, 7) is 0. The largest absolute Gasteiger partial charge is 0.463 e. The number of anilines is 1. The fourth-order valence-electron chi connectivity index (χ4n) is 2.56. The van der Waals surface area contributed by atoms with Crippen molar-refractivity contribution in [1.29, 1.82) is 0 Å². The van der Waals surface area contributed by atoms with E-state index in [1.165, 1.54) is 13.6 Å². The van der Waals surface area contributed by atoms with Crippen LogP contribution < -0.4 is 11.4 Å². The number of nitrogens with zero attached hydrogens (tertiary/aromatic N) is 5. The van der Waals surface area contributed by atoms with Crippen LogP contribution in [0.5, 0.6) is 0 Å². The monoisotopic (exact) mass is 284 g/mol. The van der Waals surface area contributed by atoms with Crippen LogP contribution in [0.1, 0.15) is 0 Å². The number of nitrogens with two attached hydrogens (primary N) is 1. The van der Waals surface area contributed by atoms with Crippen LogP contribution in [-0.4, -0.2) is 23.7 Å². The Morgan fingerprint density at radius 2 is 2.10 bits per heavy atom. The highest BCUT2D eigenvalue weighted by atomic mass is 16.3. The third-order valence-electron chi connectivity index (χ3n) is 3.60. The van der Waals surface area contributed by atoms with Gasteiger partial charge in [-0.25, -0.2) is 4.79 Å². The summed E-state index contributed by atoms with van der Waals surface area (Å²) >= 11 is 0. The van der Waals surface area contributed by atoms with Crippen LogP contribution in [0.4, 0.5) is 5.95 Å². The van der Waals surface area contributed by atoms with Gasteiger partial charge in [0.25, 0.3) is 0 Å². The van der Waals surface area contributed by atoms with Gasteiger partial charge in [0.05, 0.1) is 11.8 Å². The molecule has 0 saturated heterocycles. The van der Waals surface area contributed by atoms with Crippen LogP contribution >= 0.6 is 0 Å². The van der Waals surface area contributed by atoms with E-state index in [1.54, 1.807) is 26.4 Å². The molecule has 0 fully saturated rings. The Hall–Kier alpha value is -3.03. The molecule has 0 radical (unpaired) electrons. The highest BCUT2D eigenvalue weighted by Crippen LogP contribution is 2.25. The molecule has 0 bridgehead atoms. The summed E-state index contributed by atoms with van der Waals surface area (Å²) in [5, 5.41) is 4.40. The molecule has 4 aromatic rings. The van der Waals surface area contributed by atoms with Crippen molar-refractivity contribution >= 4 is 22.6 Å². The summed E-state index contributed by atoms with van der Waals surface area (Å²) in [5.74, 6) is 0.851. The van der Waals surface area contributed by atoms with Crippen molar-refractivity contribution in [2.75, 3.05) is 5.73 Å². The molecule has 4 aromatic heterocycles. The Morgan fingerprint density at radius 1 is 1.29 bits per heavy atom. The van der Waals surface area contributed by atoms with Crippen molar-refractivity contribution in [3.05, 3.63) is 34.9 Å². The molecular weight excluding hydrogens is 272 g/mol. The summed E-state index contributed by atoms with van der Waals surface area (Å²) in [6.07, 6.45) is 1.58. The van der Waals surface area contributed by atoms with Crippen LogP contribution in [-0.2, 0) is 14.1 Å². The lowest BCUT2D eigenvalue weighted by Crippen LogP contribution is -2.19. The molecule has 21 heavy (non-hydrogen) atoms. The molecule has 0 aliphatic heterocycles. The standard InChI is InChI=1S/C13H12N6O2/c1-17-10-8-6-7(9-4-3-5-21-9)16-19(8)12(14)15-11(10)18(2)13(17)20/h3-6H,1-2H3,(H2,14,15). The Bertz CT molecular complexity index is 1030. The minimum atomic E-state index is -0.161. The van der Waals surface area contributed by atoms with E-state index in [2.05, 4.69) is 10.1 Å². The van der Waals surface area contributed by atoms with Crippen molar-refractivity contribution in [2.24, 2.45) is 14.1 Å². The van der Waals surface area contributed by atoms with Crippen molar-refractivity contribution in [3.63, 3.8) is 0 Å². The number of imidazole rings is 1. The molecule has 2 N–H and O–H groups in total. The molecule has 4 heterocycles. The molecule has 0 atom stereocenters. The van der Waals surface area contributed by atoms with Gasteiger partial charge in [-0.2, -0.15) is 14.6 Å². The summed E-state index contributed by atoms with van der Waals surface area (Å²) in [5.41, 5.74) is 8.35. The van der Waals surface area contributed by atoms with Gasteiger partial charge in [-0.15, -0.1) is 0 Å². The minimum Gasteiger partial charge on any atom is -0.463 e. The molecule has 106 valence electrons. The number of rotatable bonds is 1. The first-order chi connectivity index (χ1) is 10.1. The smallest absolute Gasteiger partial charge is 0.329 e. The molecule has 0 unspecified atom stereocenters. The third-order valence-corrected chi connectivity index (χ3v) is 3.60. The minimum absolute atomic E-state index is 0.161. The van der Waals surface area contributed by atoms with Gasteiger partial charge < -0.3 is 10.2 Å².